The molecule has 0 unspecified atom stereocenters. The summed E-state index contributed by atoms with van der Waals surface area (Å²) in [6, 6.07) is 9.63. The predicted octanol–water partition coefficient (Wildman–Crippen LogP) is 3.95. The Morgan fingerprint density at radius 1 is 1.12 bits per heavy atom. The molecule has 0 saturated carbocycles. The van der Waals surface area contributed by atoms with Crippen molar-refractivity contribution in [3.8, 4) is 5.69 Å². The molecule has 0 amide bonds. The number of halogens is 4. The Morgan fingerprint density at radius 2 is 1.88 bits per heavy atom. The molecule has 0 bridgehead atoms. The van der Waals surface area contributed by atoms with E-state index >= 15 is 0 Å². The van der Waals surface area contributed by atoms with Crippen LogP contribution in [0, 0.1) is 0 Å². The van der Waals surface area contributed by atoms with E-state index in [4.69, 9.17) is 11.6 Å². The van der Waals surface area contributed by atoms with Crippen molar-refractivity contribution < 1.29 is 13.2 Å². The first-order valence-electron chi connectivity index (χ1n) is 7.53. The predicted molar refractivity (Wildman–Crippen MR) is 91.7 cm³/mol. The van der Waals surface area contributed by atoms with Crippen LogP contribution in [0.2, 0.25) is 5.15 Å². The van der Waals surface area contributed by atoms with Crippen LogP contribution >= 0.6 is 11.6 Å². The van der Waals surface area contributed by atoms with Crippen LogP contribution < -0.4 is 5.56 Å². The smallest absolute Gasteiger partial charge is 0.298 e. The van der Waals surface area contributed by atoms with Crippen LogP contribution in [-0.2, 0) is 6.54 Å². The zero-order chi connectivity index (χ0) is 18.5. The number of pyridine rings is 2. The van der Waals surface area contributed by atoms with E-state index in [9.17, 15) is 18.0 Å². The largest absolute Gasteiger partial charge is 0.406 e. The maximum atomic E-state index is 13.0. The SMILES string of the molecule is O=c1c2cnn(-c3ccnc(Cl)c3)c2c2ccccc2n1CC(F)(F)F. The van der Waals surface area contributed by atoms with Crippen molar-refractivity contribution >= 4 is 33.4 Å². The zero-order valence-corrected chi connectivity index (χ0v) is 13.8. The van der Waals surface area contributed by atoms with Gasteiger partial charge in [-0.2, -0.15) is 18.3 Å². The molecule has 0 atom stereocenters. The lowest BCUT2D eigenvalue weighted by atomic mass is 10.1. The average Bonchev–Trinajstić information content (AvgIpc) is 3.03. The molecule has 9 heteroatoms. The van der Waals surface area contributed by atoms with Crippen molar-refractivity contribution in [3.05, 3.63) is 64.3 Å². The number of benzene rings is 1. The number of rotatable bonds is 2. The van der Waals surface area contributed by atoms with E-state index in [0.29, 0.717) is 16.6 Å². The normalized spacial score (nSPS) is 12.2. The molecule has 1 aromatic carbocycles. The lowest BCUT2D eigenvalue weighted by Gasteiger charge is -2.14. The third-order valence-corrected chi connectivity index (χ3v) is 4.19. The van der Waals surface area contributed by atoms with E-state index in [1.165, 1.54) is 23.1 Å². The third-order valence-electron chi connectivity index (χ3n) is 3.99. The third kappa shape index (κ3) is 2.72. The van der Waals surface area contributed by atoms with Crippen LogP contribution in [0.5, 0.6) is 0 Å². The molecule has 0 fully saturated rings. The lowest BCUT2D eigenvalue weighted by Crippen LogP contribution is -2.28. The fourth-order valence-electron chi connectivity index (χ4n) is 2.98. The van der Waals surface area contributed by atoms with Crippen molar-refractivity contribution in [2.45, 2.75) is 12.7 Å². The Bertz CT molecular complexity index is 1200. The molecule has 4 aromatic rings. The van der Waals surface area contributed by atoms with Gasteiger partial charge in [-0.25, -0.2) is 9.67 Å². The summed E-state index contributed by atoms with van der Waals surface area (Å²) in [5.41, 5.74) is 0.413. The number of fused-ring (bicyclic) bond motifs is 3. The summed E-state index contributed by atoms with van der Waals surface area (Å²) in [6.07, 6.45) is -1.77. The number of hydrogen-bond donors (Lipinski definition) is 0. The maximum Gasteiger partial charge on any atom is 0.406 e. The van der Waals surface area contributed by atoms with Crippen molar-refractivity contribution in [2.75, 3.05) is 0 Å². The molecular weight excluding hydrogens is 369 g/mol. The highest BCUT2D eigenvalue weighted by molar-refractivity contribution is 6.29. The maximum absolute atomic E-state index is 13.0. The fraction of sp³-hybridized carbons (Fsp3) is 0.118. The highest BCUT2D eigenvalue weighted by Crippen LogP contribution is 2.27. The second kappa shape index (κ2) is 5.84. The number of nitrogens with zero attached hydrogens (tertiary/aromatic N) is 4. The first-order chi connectivity index (χ1) is 12.3. The highest BCUT2D eigenvalue weighted by Gasteiger charge is 2.30. The molecule has 4 rings (SSSR count). The molecule has 0 aliphatic carbocycles. The van der Waals surface area contributed by atoms with E-state index in [0.717, 1.165) is 4.57 Å². The minimum atomic E-state index is -4.52. The van der Waals surface area contributed by atoms with Gasteiger partial charge in [0.25, 0.3) is 5.56 Å². The lowest BCUT2D eigenvalue weighted by molar-refractivity contribution is -0.140. The van der Waals surface area contributed by atoms with Crippen LogP contribution in [0.4, 0.5) is 13.2 Å². The summed E-state index contributed by atoms with van der Waals surface area (Å²) in [5.74, 6) is 0. The van der Waals surface area contributed by atoms with Gasteiger partial charge in [-0.05, 0) is 12.1 Å². The molecule has 0 saturated heterocycles. The van der Waals surface area contributed by atoms with Crippen LogP contribution in [-0.4, -0.2) is 25.5 Å². The number of para-hydroxylation sites is 1. The van der Waals surface area contributed by atoms with Gasteiger partial charge in [-0.15, -0.1) is 0 Å². The Kier molecular flexibility index (Phi) is 3.73. The van der Waals surface area contributed by atoms with Gasteiger partial charge in [0.15, 0.2) is 0 Å². The van der Waals surface area contributed by atoms with Gasteiger partial charge >= 0.3 is 6.18 Å². The number of hydrogen-bond acceptors (Lipinski definition) is 3. The van der Waals surface area contributed by atoms with Crippen molar-refractivity contribution in [2.24, 2.45) is 0 Å². The molecular formula is C17H10ClF3N4O. The van der Waals surface area contributed by atoms with Gasteiger partial charge < -0.3 is 0 Å². The summed E-state index contributed by atoms with van der Waals surface area (Å²) in [7, 11) is 0. The van der Waals surface area contributed by atoms with E-state index in [2.05, 4.69) is 10.1 Å². The van der Waals surface area contributed by atoms with Gasteiger partial charge in [0.05, 0.1) is 28.3 Å². The molecule has 0 aliphatic rings. The molecule has 5 nitrogen and oxygen atoms in total. The quantitative estimate of drug-likeness (QED) is 0.496. The summed E-state index contributed by atoms with van der Waals surface area (Å²) in [4.78, 5) is 16.6. The molecule has 0 radical (unpaired) electrons. The van der Waals surface area contributed by atoms with Gasteiger partial charge in [0.2, 0.25) is 0 Å². The summed E-state index contributed by atoms with van der Waals surface area (Å²) in [6.45, 7) is -1.37. The first kappa shape index (κ1) is 16.6. The summed E-state index contributed by atoms with van der Waals surface area (Å²) >= 11 is 5.92. The highest BCUT2D eigenvalue weighted by atomic mass is 35.5. The summed E-state index contributed by atoms with van der Waals surface area (Å²) in [5, 5.41) is 5.01. The second-order valence-electron chi connectivity index (χ2n) is 5.68. The summed E-state index contributed by atoms with van der Waals surface area (Å²) < 4.78 is 41.1. The Morgan fingerprint density at radius 3 is 2.62 bits per heavy atom. The van der Waals surface area contributed by atoms with E-state index < -0.39 is 18.3 Å². The minimum absolute atomic E-state index is 0.0980. The van der Waals surface area contributed by atoms with E-state index in [1.54, 1.807) is 30.3 Å². The molecule has 0 N–H and O–H groups in total. The topological polar surface area (TPSA) is 52.7 Å². The van der Waals surface area contributed by atoms with Crippen molar-refractivity contribution in [3.63, 3.8) is 0 Å². The molecule has 0 aliphatic heterocycles. The minimum Gasteiger partial charge on any atom is -0.298 e. The van der Waals surface area contributed by atoms with Crippen molar-refractivity contribution in [1.82, 2.24) is 19.3 Å². The molecule has 132 valence electrons. The monoisotopic (exact) mass is 378 g/mol. The van der Waals surface area contributed by atoms with Crippen LogP contribution in [0.25, 0.3) is 27.5 Å². The molecule has 3 heterocycles. The average molecular weight is 379 g/mol. The van der Waals surface area contributed by atoms with Crippen LogP contribution in [0.1, 0.15) is 0 Å². The molecule has 26 heavy (non-hydrogen) atoms. The Labute approximate surface area is 149 Å². The number of aromatic nitrogens is 4. The molecule has 0 spiro atoms. The van der Waals surface area contributed by atoms with Gasteiger partial charge in [0.1, 0.15) is 11.7 Å². The fourth-order valence-corrected chi connectivity index (χ4v) is 3.15. The van der Waals surface area contributed by atoms with Crippen LogP contribution in [0.15, 0.2) is 53.6 Å². The van der Waals surface area contributed by atoms with E-state index in [-0.39, 0.29) is 16.1 Å². The van der Waals surface area contributed by atoms with Gasteiger partial charge in [0, 0.05) is 17.6 Å². The second-order valence-corrected chi connectivity index (χ2v) is 6.07. The van der Waals surface area contributed by atoms with Gasteiger partial charge in [-0.3, -0.25) is 9.36 Å². The van der Waals surface area contributed by atoms with Gasteiger partial charge in [-0.1, -0.05) is 29.8 Å². The van der Waals surface area contributed by atoms with E-state index in [1.807, 2.05) is 0 Å². The first-order valence-corrected chi connectivity index (χ1v) is 7.91. The standard InChI is InChI=1S/C17H10ClF3N4O/c18-14-7-10(5-6-22-14)25-15-11-3-1-2-4-13(11)24(9-17(19,20)21)16(26)12(15)8-23-25/h1-8H,9H2. The zero-order valence-electron chi connectivity index (χ0n) is 13.0. The number of alkyl halides is 3. The molecule has 3 aromatic heterocycles. The van der Waals surface area contributed by atoms with Crippen LogP contribution in [0.3, 0.4) is 0 Å². The Balaban J connectivity index is 2.11. The Hall–Kier alpha value is -2.87. The van der Waals surface area contributed by atoms with Crippen molar-refractivity contribution in [1.29, 1.82) is 0 Å².